The van der Waals surface area contributed by atoms with E-state index in [1.54, 1.807) is 6.26 Å². The number of rotatable bonds is 10. The lowest BCUT2D eigenvalue weighted by atomic mass is 10.2. The molecule has 2 heterocycles. The van der Waals surface area contributed by atoms with Gasteiger partial charge in [0.15, 0.2) is 11.0 Å². The van der Waals surface area contributed by atoms with Gasteiger partial charge < -0.3 is 14.3 Å². The van der Waals surface area contributed by atoms with Crippen molar-refractivity contribution in [3.05, 3.63) is 53.4 Å². The third-order valence-corrected chi connectivity index (χ3v) is 5.24. The van der Waals surface area contributed by atoms with E-state index in [0.717, 1.165) is 17.1 Å². The molecule has 150 valence electrons. The van der Waals surface area contributed by atoms with E-state index in [0.29, 0.717) is 41.6 Å². The molecule has 2 aromatic heterocycles. The van der Waals surface area contributed by atoms with Gasteiger partial charge in [-0.3, -0.25) is 4.57 Å². The van der Waals surface area contributed by atoms with Crippen LogP contribution >= 0.6 is 23.4 Å². The highest BCUT2D eigenvalue weighted by Gasteiger charge is 2.17. The number of furan rings is 1. The topological polar surface area (TPSA) is 73.3 Å². The van der Waals surface area contributed by atoms with Crippen LogP contribution in [0.3, 0.4) is 0 Å². The minimum Gasteiger partial charge on any atom is -0.467 e. The standard InChI is InChI=1S/C20H24ClN3O3S/c1-14(2)11-26-12-17(25)13-28-20-23-22-19(15-5-7-16(21)8-6-15)24(20)10-18-4-3-9-27-18/h3-9,14,17,25H,10-13H2,1-2H3. The van der Waals surface area contributed by atoms with Crippen LogP contribution in [0.5, 0.6) is 0 Å². The number of aliphatic hydroxyl groups is 1. The van der Waals surface area contributed by atoms with Crippen LogP contribution in [0, 0.1) is 5.92 Å². The molecule has 0 spiro atoms. The molecule has 1 aromatic carbocycles. The maximum atomic E-state index is 10.2. The van der Waals surface area contributed by atoms with Gasteiger partial charge in [0.25, 0.3) is 0 Å². The summed E-state index contributed by atoms with van der Waals surface area (Å²) < 4.78 is 13.0. The average Bonchev–Trinajstić information content (AvgIpc) is 3.31. The molecule has 1 unspecified atom stereocenters. The molecule has 6 nitrogen and oxygen atoms in total. The Labute approximate surface area is 173 Å². The van der Waals surface area contributed by atoms with E-state index in [2.05, 4.69) is 24.0 Å². The Hall–Kier alpha value is -1.80. The smallest absolute Gasteiger partial charge is 0.192 e. The quantitative estimate of drug-likeness (QED) is 0.490. The number of benzene rings is 1. The maximum absolute atomic E-state index is 10.2. The summed E-state index contributed by atoms with van der Waals surface area (Å²) in [6.45, 7) is 5.60. The monoisotopic (exact) mass is 421 g/mol. The summed E-state index contributed by atoms with van der Waals surface area (Å²) in [6, 6.07) is 11.2. The Morgan fingerprint density at radius 3 is 2.64 bits per heavy atom. The molecule has 0 saturated heterocycles. The van der Waals surface area contributed by atoms with Gasteiger partial charge in [0.2, 0.25) is 0 Å². The molecule has 28 heavy (non-hydrogen) atoms. The third kappa shape index (κ3) is 5.85. The second-order valence-corrected chi connectivity index (χ2v) is 8.30. The molecule has 1 atom stereocenters. The number of halogens is 1. The number of aromatic nitrogens is 3. The summed E-state index contributed by atoms with van der Waals surface area (Å²) in [5.74, 6) is 2.44. The highest BCUT2D eigenvalue weighted by Crippen LogP contribution is 2.26. The van der Waals surface area contributed by atoms with Gasteiger partial charge in [0, 0.05) is 22.9 Å². The Morgan fingerprint density at radius 1 is 1.18 bits per heavy atom. The third-order valence-electron chi connectivity index (χ3n) is 3.88. The van der Waals surface area contributed by atoms with Crippen LogP contribution in [0.4, 0.5) is 0 Å². The maximum Gasteiger partial charge on any atom is 0.192 e. The highest BCUT2D eigenvalue weighted by atomic mass is 35.5. The van der Waals surface area contributed by atoms with E-state index in [9.17, 15) is 5.11 Å². The number of hydrogen-bond acceptors (Lipinski definition) is 6. The first-order chi connectivity index (χ1) is 13.5. The van der Waals surface area contributed by atoms with Gasteiger partial charge in [-0.05, 0) is 42.3 Å². The summed E-state index contributed by atoms with van der Waals surface area (Å²) >= 11 is 7.45. The van der Waals surface area contributed by atoms with Crippen LogP contribution in [0.2, 0.25) is 5.02 Å². The van der Waals surface area contributed by atoms with Crippen LogP contribution in [0.1, 0.15) is 19.6 Å². The van der Waals surface area contributed by atoms with E-state index in [1.807, 2.05) is 41.0 Å². The normalized spacial score (nSPS) is 12.6. The number of aliphatic hydroxyl groups excluding tert-OH is 1. The second-order valence-electron chi connectivity index (χ2n) is 6.87. The molecule has 0 aliphatic rings. The number of ether oxygens (including phenoxy) is 1. The van der Waals surface area contributed by atoms with E-state index in [1.165, 1.54) is 11.8 Å². The summed E-state index contributed by atoms with van der Waals surface area (Å²) in [7, 11) is 0. The Bertz CT molecular complexity index is 850. The predicted molar refractivity (Wildman–Crippen MR) is 111 cm³/mol. The SMILES string of the molecule is CC(C)COCC(O)CSc1nnc(-c2ccc(Cl)cc2)n1Cc1ccco1. The summed E-state index contributed by atoms with van der Waals surface area (Å²) in [5, 5.41) is 20.2. The molecule has 3 aromatic rings. The molecule has 0 radical (unpaired) electrons. The average molecular weight is 422 g/mol. The number of hydrogen-bond donors (Lipinski definition) is 1. The highest BCUT2D eigenvalue weighted by molar-refractivity contribution is 7.99. The molecule has 0 amide bonds. The van der Waals surface area contributed by atoms with Gasteiger partial charge in [0.1, 0.15) is 5.76 Å². The summed E-state index contributed by atoms with van der Waals surface area (Å²) in [4.78, 5) is 0. The molecule has 0 saturated carbocycles. The van der Waals surface area contributed by atoms with Crippen LogP contribution in [0.15, 0.2) is 52.2 Å². The van der Waals surface area contributed by atoms with Crippen molar-refractivity contribution in [2.45, 2.75) is 31.7 Å². The van der Waals surface area contributed by atoms with Crippen molar-refractivity contribution in [3.8, 4) is 11.4 Å². The van der Waals surface area contributed by atoms with E-state index in [-0.39, 0.29) is 0 Å². The molecule has 0 aliphatic carbocycles. The number of thioether (sulfide) groups is 1. The molecule has 1 N–H and O–H groups in total. The fourth-order valence-corrected chi connectivity index (χ4v) is 3.54. The van der Waals surface area contributed by atoms with Gasteiger partial charge in [-0.15, -0.1) is 10.2 Å². The van der Waals surface area contributed by atoms with Gasteiger partial charge in [-0.1, -0.05) is 37.2 Å². The van der Waals surface area contributed by atoms with Crippen molar-refractivity contribution in [1.29, 1.82) is 0 Å². The lowest BCUT2D eigenvalue weighted by Crippen LogP contribution is -2.20. The van der Waals surface area contributed by atoms with Gasteiger partial charge >= 0.3 is 0 Å². The van der Waals surface area contributed by atoms with Crippen molar-refractivity contribution >= 4 is 23.4 Å². The minimum absolute atomic E-state index is 0.307. The zero-order valence-electron chi connectivity index (χ0n) is 15.9. The summed E-state index contributed by atoms with van der Waals surface area (Å²) in [5.41, 5.74) is 0.913. The Morgan fingerprint density at radius 2 is 1.96 bits per heavy atom. The first-order valence-corrected chi connectivity index (χ1v) is 10.5. The van der Waals surface area contributed by atoms with Gasteiger partial charge in [-0.2, -0.15) is 0 Å². The van der Waals surface area contributed by atoms with Crippen LogP contribution in [-0.2, 0) is 11.3 Å². The minimum atomic E-state index is -0.573. The molecular formula is C20H24ClN3O3S. The lowest BCUT2D eigenvalue weighted by molar-refractivity contribution is 0.0364. The molecule has 0 bridgehead atoms. The van der Waals surface area contributed by atoms with Crippen molar-refractivity contribution in [1.82, 2.24) is 14.8 Å². The Kier molecular flexibility index (Phi) is 7.56. The molecular weight excluding hydrogens is 398 g/mol. The fourth-order valence-electron chi connectivity index (χ4n) is 2.57. The first kappa shape index (κ1) is 20.9. The van der Waals surface area contributed by atoms with E-state index in [4.69, 9.17) is 20.8 Å². The van der Waals surface area contributed by atoms with Crippen LogP contribution in [-0.4, -0.2) is 44.9 Å². The van der Waals surface area contributed by atoms with Crippen molar-refractivity contribution in [3.63, 3.8) is 0 Å². The first-order valence-electron chi connectivity index (χ1n) is 9.13. The van der Waals surface area contributed by atoms with Crippen LogP contribution in [0.25, 0.3) is 11.4 Å². The molecule has 8 heteroatoms. The van der Waals surface area contributed by atoms with E-state index >= 15 is 0 Å². The van der Waals surface area contributed by atoms with Crippen molar-refractivity contribution in [2.75, 3.05) is 19.0 Å². The summed E-state index contributed by atoms with van der Waals surface area (Å²) in [6.07, 6.45) is 1.07. The molecule has 3 rings (SSSR count). The lowest BCUT2D eigenvalue weighted by Gasteiger charge is -2.13. The van der Waals surface area contributed by atoms with E-state index < -0.39 is 6.10 Å². The largest absolute Gasteiger partial charge is 0.467 e. The second kappa shape index (κ2) is 10.1. The van der Waals surface area contributed by atoms with Gasteiger partial charge in [0.05, 0.1) is 25.5 Å². The van der Waals surface area contributed by atoms with Crippen molar-refractivity contribution in [2.24, 2.45) is 5.92 Å². The van der Waals surface area contributed by atoms with Gasteiger partial charge in [-0.25, -0.2) is 0 Å². The predicted octanol–water partition coefficient (Wildman–Crippen LogP) is 4.37. The number of nitrogens with zero attached hydrogens (tertiary/aromatic N) is 3. The van der Waals surface area contributed by atoms with Crippen molar-refractivity contribution < 1.29 is 14.3 Å². The fraction of sp³-hybridized carbons (Fsp3) is 0.400. The zero-order valence-corrected chi connectivity index (χ0v) is 17.5. The Balaban J connectivity index is 1.74. The van der Waals surface area contributed by atoms with Crippen LogP contribution < -0.4 is 0 Å². The molecule has 0 aliphatic heterocycles. The molecule has 0 fully saturated rings. The zero-order chi connectivity index (χ0) is 19.9.